The molecule has 1 aromatic rings. The molecule has 0 heterocycles. The van der Waals surface area contributed by atoms with Crippen molar-refractivity contribution >= 4 is 0 Å². The van der Waals surface area contributed by atoms with Gasteiger partial charge in [-0.1, -0.05) is 0 Å². The van der Waals surface area contributed by atoms with Crippen molar-refractivity contribution in [2.24, 2.45) is 0 Å². The van der Waals surface area contributed by atoms with Gasteiger partial charge in [-0.15, -0.1) is 0 Å². The average molecular weight is 165 g/mol. The first-order chi connectivity index (χ1) is 5.86. The highest BCUT2D eigenvalue weighted by Crippen LogP contribution is 2.18. The van der Waals surface area contributed by atoms with Crippen LogP contribution in [0.15, 0.2) is 18.2 Å². The zero-order valence-electron chi connectivity index (χ0n) is 7.46. The molecule has 0 atom stereocenters. The van der Waals surface area contributed by atoms with Gasteiger partial charge in [-0.3, -0.25) is 0 Å². The molecule has 0 fully saturated rings. The lowest BCUT2D eigenvalue weighted by Gasteiger charge is -2.05. The Morgan fingerprint density at radius 2 is 1.58 bits per heavy atom. The van der Waals surface area contributed by atoms with Crippen LogP contribution in [-0.4, -0.2) is 13.2 Å². The van der Waals surface area contributed by atoms with Crippen LogP contribution in [-0.2, 0) is 0 Å². The summed E-state index contributed by atoms with van der Waals surface area (Å²) >= 11 is 0. The summed E-state index contributed by atoms with van der Waals surface area (Å²) < 4.78 is 10.6. The molecule has 2 nitrogen and oxygen atoms in total. The normalized spacial score (nSPS) is 9.50. The van der Waals surface area contributed by atoms with Gasteiger partial charge in [0.25, 0.3) is 0 Å². The number of hydrogen-bond acceptors (Lipinski definition) is 2. The van der Waals surface area contributed by atoms with Crippen LogP contribution in [0, 0.1) is 6.07 Å². The molecule has 2 heteroatoms. The Morgan fingerprint density at radius 3 is 2.00 bits per heavy atom. The molecule has 0 aromatic heterocycles. The molecule has 0 bridgehead atoms. The summed E-state index contributed by atoms with van der Waals surface area (Å²) in [5.74, 6) is 1.62. The second-order valence-corrected chi connectivity index (χ2v) is 2.27. The Morgan fingerprint density at radius 1 is 1.08 bits per heavy atom. The third-order valence-electron chi connectivity index (χ3n) is 1.36. The van der Waals surface area contributed by atoms with Gasteiger partial charge < -0.3 is 9.47 Å². The highest BCUT2D eigenvalue weighted by atomic mass is 16.5. The first kappa shape index (κ1) is 8.91. The van der Waals surface area contributed by atoms with Gasteiger partial charge >= 0.3 is 0 Å². The number of benzene rings is 1. The van der Waals surface area contributed by atoms with Crippen LogP contribution >= 0.6 is 0 Å². The highest BCUT2D eigenvalue weighted by Gasteiger charge is 1.95. The van der Waals surface area contributed by atoms with Gasteiger partial charge in [0.2, 0.25) is 0 Å². The molecule has 1 radical (unpaired) electrons. The van der Waals surface area contributed by atoms with Gasteiger partial charge in [-0.25, -0.2) is 0 Å². The van der Waals surface area contributed by atoms with Crippen LogP contribution in [0.25, 0.3) is 0 Å². The molecular weight excluding hydrogens is 152 g/mol. The van der Waals surface area contributed by atoms with Crippen molar-refractivity contribution in [3.63, 3.8) is 0 Å². The SMILES string of the molecule is CCOc1c[c]cc(OCC)c1. The molecule has 1 aromatic carbocycles. The molecule has 0 aliphatic carbocycles. The zero-order chi connectivity index (χ0) is 8.81. The molecule has 12 heavy (non-hydrogen) atoms. The molecule has 0 saturated heterocycles. The molecule has 0 N–H and O–H groups in total. The Bertz CT molecular complexity index is 212. The number of rotatable bonds is 4. The van der Waals surface area contributed by atoms with E-state index in [0.29, 0.717) is 13.2 Å². The summed E-state index contributed by atoms with van der Waals surface area (Å²) in [7, 11) is 0. The van der Waals surface area contributed by atoms with Crippen LogP contribution in [0.1, 0.15) is 13.8 Å². The van der Waals surface area contributed by atoms with E-state index in [4.69, 9.17) is 9.47 Å². The van der Waals surface area contributed by atoms with E-state index < -0.39 is 0 Å². The third-order valence-corrected chi connectivity index (χ3v) is 1.36. The minimum Gasteiger partial charge on any atom is -0.494 e. The smallest absolute Gasteiger partial charge is 0.123 e. The van der Waals surface area contributed by atoms with Crippen molar-refractivity contribution < 1.29 is 9.47 Å². The van der Waals surface area contributed by atoms with Crippen molar-refractivity contribution in [3.8, 4) is 11.5 Å². The molecular formula is C10H13O2. The molecule has 0 aliphatic heterocycles. The zero-order valence-corrected chi connectivity index (χ0v) is 7.46. The third kappa shape index (κ3) is 2.46. The topological polar surface area (TPSA) is 18.5 Å². The average Bonchev–Trinajstić information content (AvgIpc) is 2.06. The van der Waals surface area contributed by atoms with E-state index in [1.165, 1.54) is 0 Å². The van der Waals surface area contributed by atoms with E-state index in [1.54, 1.807) is 12.1 Å². The molecule has 0 spiro atoms. The Labute approximate surface area is 73.1 Å². The van der Waals surface area contributed by atoms with Crippen LogP contribution < -0.4 is 9.47 Å². The molecule has 65 valence electrons. The maximum atomic E-state index is 5.28. The van der Waals surface area contributed by atoms with Crippen molar-refractivity contribution in [1.82, 2.24) is 0 Å². The molecule has 1 rings (SSSR count). The summed E-state index contributed by atoms with van der Waals surface area (Å²) in [6, 6.07) is 8.41. The van der Waals surface area contributed by atoms with E-state index in [9.17, 15) is 0 Å². The van der Waals surface area contributed by atoms with Gasteiger partial charge in [0.15, 0.2) is 0 Å². The fraction of sp³-hybridized carbons (Fsp3) is 0.400. The van der Waals surface area contributed by atoms with E-state index in [1.807, 2.05) is 19.9 Å². The lowest BCUT2D eigenvalue weighted by atomic mass is 10.3. The maximum absolute atomic E-state index is 5.28. The summed E-state index contributed by atoms with van der Waals surface area (Å²) in [4.78, 5) is 0. The van der Waals surface area contributed by atoms with Gasteiger partial charge in [0.05, 0.1) is 13.2 Å². The highest BCUT2D eigenvalue weighted by molar-refractivity contribution is 5.32. The summed E-state index contributed by atoms with van der Waals surface area (Å²) in [6.07, 6.45) is 0. The van der Waals surface area contributed by atoms with Crippen LogP contribution in [0.5, 0.6) is 11.5 Å². The minimum absolute atomic E-state index is 0.670. The summed E-state index contributed by atoms with van der Waals surface area (Å²) in [5, 5.41) is 0. The van der Waals surface area contributed by atoms with Crippen LogP contribution in [0.2, 0.25) is 0 Å². The van der Waals surface area contributed by atoms with Gasteiger partial charge in [0, 0.05) is 6.07 Å². The molecule has 0 unspecified atom stereocenters. The van der Waals surface area contributed by atoms with Crippen molar-refractivity contribution in [1.29, 1.82) is 0 Å². The van der Waals surface area contributed by atoms with Crippen molar-refractivity contribution in [2.75, 3.05) is 13.2 Å². The fourth-order valence-corrected chi connectivity index (χ4v) is 0.929. The van der Waals surface area contributed by atoms with Crippen molar-refractivity contribution in [3.05, 3.63) is 24.3 Å². The predicted octanol–water partition coefficient (Wildman–Crippen LogP) is 2.28. The lowest BCUT2D eigenvalue weighted by molar-refractivity contribution is 0.323. The predicted molar refractivity (Wildman–Crippen MR) is 47.6 cm³/mol. The van der Waals surface area contributed by atoms with Crippen molar-refractivity contribution in [2.45, 2.75) is 13.8 Å². The second-order valence-electron chi connectivity index (χ2n) is 2.27. The minimum atomic E-state index is 0.670. The number of ether oxygens (including phenoxy) is 2. The Hall–Kier alpha value is -1.18. The van der Waals surface area contributed by atoms with Gasteiger partial charge in [0.1, 0.15) is 11.5 Å². The van der Waals surface area contributed by atoms with Gasteiger partial charge in [-0.2, -0.15) is 0 Å². The molecule has 0 amide bonds. The largest absolute Gasteiger partial charge is 0.494 e. The quantitative estimate of drug-likeness (QED) is 0.681. The van der Waals surface area contributed by atoms with Gasteiger partial charge in [-0.05, 0) is 32.0 Å². The van der Waals surface area contributed by atoms with E-state index in [-0.39, 0.29) is 0 Å². The first-order valence-corrected chi connectivity index (χ1v) is 4.13. The molecule has 0 aliphatic rings. The standard InChI is InChI=1S/C10H13O2/c1-3-11-9-6-5-7-10(8-9)12-4-2/h6-8H,3-4H2,1-2H3. The van der Waals surface area contributed by atoms with E-state index >= 15 is 0 Å². The Balaban J connectivity index is 2.67. The molecule has 0 saturated carbocycles. The van der Waals surface area contributed by atoms with E-state index in [2.05, 4.69) is 6.07 Å². The first-order valence-electron chi connectivity index (χ1n) is 4.13. The monoisotopic (exact) mass is 165 g/mol. The Kier molecular flexibility index (Phi) is 3.45. The summed E-state index contributed by atoms with van der Waals surface area (Å²) in [5.41, 5.74) is 0. The second kappa shape index (κ2) is 4.65. The summed E-state index contributed by atoms with van der Waals surface area (Å²) in [6.45, 7) is 5.24. The lowest BCUT2D eigenvalue weighted by Crippen LogP contribution is -1.94. The van der Waals surface area contributed by atoms with Crippen LogP contribution in [0.4, 0.5) is 0 Å². The maximum Gasteiger partial charge on any atom is 0.123 e. The van der Waals surface area contributed by atoms with Crippen LogP contribution in [0.3, 0.4) is 0 Å². The fourth-order valence-electron chi connectivity index (χ4n) is 0.929. The number of hydrogen-bond donors (Lipinski definition) is 0. The van der Waals surface area contributed by atoms with E-state index in [0.717, 1.165) is 11.5 Å².